The number of hydrogen-bond donors (Lipinski definition) is 2. The van der Waals surface area contributed by atoms with Gasteiger partial charge in [0.15, 0.2) is 0 Å². The summed E-state index contributed by atoms with van der Waals surface area (Å²) in [5.41, 5.74) is 5.85. The fourth-order valence-electron chi connectivity index (χ4n) is 0.933. The predicted molar refractivity (Wildman–Crippen MR) is 54.5 cm³/mol. The second-order valence-electron chi connectivity index (χ2n) is 3.05. The Morgan fingerprint density at radius 3 is 2.86 bits per heavy atom. The van der Waals surface area contributed by atoms with E-state index in [-0.39, 0.29) is 17.5 Å². The van der Waals surface area contributed by atoms with Crippen molar-refractivity contribution in [2.45, 2.75) is 13.0 Å². The Hall–Kier alpha value is -1.42. The molecule has 0 saturated carbocycles. The van der Waals surface area contributed by atoms with Crippen LogP contribution in [0.25, 0.3) is 0 Å². The SMILES string of the molecule is COC(C)COc1cccc(O)c1N. The summed E-state index contributed by atoms with van der Waals surface area (Å²) < 4.78 is 10.4. The highest BCUT2D eigenvalue weighted by atomic mass is 16.5. The molecule has 0 heterocycles. The zero-order chi connectivity index (χ0) is 10.6. The van der Waals surface area contributed by atoms with Gasteiger partial charge in [-0.3, -0.25) is 0 Å². The van der Waals surface area contributed by atoms with Gasteiger partial charge in [-0.15, -0.1) is 0 Å². The van der Waals surface area contributed by atoms with Crippen LogP contribution in [-0.2, 0) is 4.74 Å². The number of nitrogens with two attached hydrogens (primary N) is 1. The van der Waals surface area contributed by atoms with Crippen molar-refractivity contribution < 1.29 is 14.6 Å². The minimum Gasteiger partial charge on any atom is -0.506 e. The molecule has 0 radical (unpaired) electrons. The van der Waals surface area contributed by atoms with Gasteiger partial charge in [0.2, 0.25) is 0 Å². The van der Waals surface area contributed by atoms with Gasteiger partial charge in [0.1, 0.15) is 23.8 Å². The number of methoxy groups -OCH3 is 1. The first-order chi connectivity index (χ1) is 6.65. The molecule has 0 aromatic heterocycles. The van der Waals surface area contributed by atoms with Gasteiger partial charge in [-0.2, -0.15) is 0 Å². The summed E-state index contributed by atoms with van der Waals surface area (Å²) in [4.78, 5) is 0. The van der Waals surface area contributed by atoms with E-state index in [9.17, 15) is 5.11 Å². The van der Waals surface area contributed by atoms with Crippen molar-refractivity contribution in [3.63, 3.8) is 0 Å². The van der Waals surface area contributed by atoms with Gasteiger partial charge in [0, 0.05) is 7.11 Å². The highest BCUT2D eigenvalue weighted by molar-refractivity contribution is 5.61. The molecule has 1 aromatic rings. The van der Waals surface area contributed by atoms with Gasteiger partial charge in [-0.05, 0) is 19.1 Å². The van der Waals surface area contributed by atoms with Gasteiger partial charge in [0.25, 0.3) is 0 Å². The number of phenolic OH excluding ortho intramolecular Hbond substituents is 1. The first-order valence-electron chi connectivity index (χ1n) is 4.38. The monoisotopic (exact) mass is 197 g/mol. The summed E-state index contributed by atoms with van der Waals surface area (Å²) in [6, 6.07) is 4.90. The number of benzene rings is 1. The van der Waals surface area contributed by atoms with Crippen LogP contribution in [-0.4, -0.2) is 24.9 Å². The lowest BCUT2D eigenvalue weighted by atomic mass is 10.3. The number of rotatable bonds is 4. The van der Waals surface area contributed by atoms with Crippen LogP contribution in [0.15, 0.2) is 18.2 Å². The number of para-hydroxylation sites is 1. The lowest BCUT2D eigenvalue weighted by molar-refractivity contribution is 0.0719. The van der Waals surface area contributed by atoms with Crippen LogP contribution in [0.2, 0.25) is 0 Å². The number of aromatic hydroxyl groups is 1. The van der Waals surface area contributed by atoms with E-state index in [1.165, 1.54) is 6.07 Å². The number of anilines is 1. The zero-order valence-electron chi connectivity index (χ0n) is 8.36. The van der Waals surface area contributed by atoms with Gasteiger partial charge in [-0.25, -0.2) is 0 Å². The third-order valence-corrected chi connectivity index (χ3v) is 1.92. The molecule has 4 heteroatoms. The van der Waals surface area contributed by atoms with Gasteiger partial charge in [-0.1, -0.05) is 6.07 Å². The Morgan fingerprint density at radius 1 is 1.50 bits per heavy atom. The highest BCUT2D eigenvalue weighted by Gasteiger charge is 2.06. The zero-order valence-corrected chi connectivity index (χ0v) is 8.36. The van der Waals surface area contributed by atoms with Crippen LogP contribution < -0.4 is 10.5 Å². The van der Waals surface area contributed by atoms with Crippen LogP contribution >= 0.6 is 0 Å². The van der Waals surface area contributed by atoms with Crippen molar-refractivity contribution in [2.24, 2.45) is 0 Å². The molecule has 1 atom stereocenters. The van der Waals surface area contributed by atoms with E-state index in [4.69, 9.17) is 15.2 Å². The van der Waals surface area contributed by atoms with Gasteiger partial charge < -0.3 is 20.3 Å². The summed E-state index contributed by atoms with van der Waals surface area (Å²) >= 11 is 0. The number of phenols is 1. The molecule has 0 aliphatic heterocycles. The number of nitrogen functional groups attached to an aromatic ring is 1. The van der Waals surface area contributed by atoms with Crippen molar-refractivity contribution in [1.82, 2.24) is 0 Å². The molecule has 4 nitrogen and oxygen atoms in total. The second kappa shape index (κ2) is 4.72. The first-order valence-corrected chi connectivity index (χ1v) is 4.38. The maximum atomic E-state index is 9.29. The molecule has 0 spiro atoms. The van der Waals surface area contributed by atoms with Gasteiger partial charge in [0.05, 0.1) is 6.10 Å². The van der Waals surface area contributed by atoms with E-state index in [1.807, 2.05) is 6.92 Å². The molecular formula is C10H15NO3. The average Bonchev–Trinajstić information content (AvgIpc) is 2.20. The summed E-state index contributed by atoms with van der Waals surface area (Å²) in [7, 11) is 1.61. The molecule has 1 rings (SSSR count). The molecule has 1 aromatic carbocycles. The molecule has 3 N–H and O–H groups in total. The molecule has 0 saturated heterocycles. The topological polar surface area (TPSA) is 64.7 Å². The van der Waals surface area contributed by atoms with Crippen molar-refractivity contribution in [1.29, 1.82) is 0 Å². The van der Waals surface area contributed by atoms with Crippen LogP contribution in [0.5, 0.6) is 11.5 Å². The molecule has 0 aliphatic carbocycles. The summed E-state index contributed by atoms with van der Waals surface area (Å²) in [6.07, 6.45) is -0.00301. The van der Waals surface area contributed by atoms with Crippen molar-refractivity contribution >= 4 is 5.69 Å². The molecule has 14 heavy (non-hydrogen) atoms. The Kier molecular flexibility index (Phi) is 3.59. The van der Waals surface area contributed by atoms with Gasteiger partial charge >= 0.3 is 0 Å². The Labute approximate surface area is 83.3 Å². The molecule has 1 unspecified atom stereocenters. The summed E-state index contributed by atoms with van der Waals surface area (Å²) in [5, 5.41) is 9.29. The Balaban J connectivity index is 2.63. The molecule has 0 fully saturated rings. The standard InChI is InChI=1S/C10H15NO3/c1-7(13-2)6-14-9-5-3-4-8(12)10(9)11/h3-5,7,12H,6,11H2,1-2H3. The Bertz CT molecular complexity index is 301. The summed E-state index contributed by atoms with van der Waals surface area (Å²) in [5.74, 6) is 0.515. The average molecular weight is 197 g/mol. The maximum absolute atomic E-state index is 9.29. The van der Waals surface area contributed by atoms with Crippen molar-refractivity contribution in [3.8, 4) is 11.5 Å². The van der Waals surface area contributed by atoms with E-state index in [1.54, 1.807) is 19.2 Å². The van der Waals surface area contributed by atoms with Crippen LogP contribution in [0, 0.1) is 0 Å². The maximum Gasteiger partial charge on any atom is 0.146 e. The van der Waals surface area contributed by atoms with E-state index < -0.39 is 0 Å². The number of hydrogen-bond acceptors (Lipinski definition) is 4. The molecule has 0 aliphatic rings. The lowest BCUT2D eigenvalue weighted by Gasteiger charge is -2.13. The van der Waals surface area contributed by atoms with Crippen LogP contribution in [0.3, 0.4) is 0 Å². The minimum absolute atomic E-state index is 0.00301. The normalized spacial score (nSPS) is 12.4. The summed E-state index contributed by atoms with van der Waals surface area (Å²) in [6.45, 7) is 2.29. The molecular weight excluding hydrogens is 182 g/mol. The van der Waals surface area contributed by atoms with Crippen LogP contribution in [0.4, 0.5) is 5.69 Å². The lowest BCUT2D eigenvalue weighted by Crippen LogP contribution is -2.16. The third-order valence-electron chi connectivity index (χ3n) is 1.92. The van der Waals surface area contributed by atoms with Crippen LogP contribution in [0.1, 0.15) is 6.92 Å². The highest BCUT2D eigenvalue weighted by Crippen LogP contribution is 2.29. The molecule has 78 valence electrons. The second-order valence-corrected chi connectivity index (χ2v) is 3.05. The Morgan fingerprint density at radius 2 is 2.21 bits per heavy atom. The fraction of sp³-hybridized carbons (Fsp3) is 0.400. The molecule has 0 bridgehead atoms. The smallest absolute Gasteiger partial charge is 0.146 e. The minimum atomic E-state index is -0.00301. The first kappa shape index (κ1) is 10.7. The largest absolute Gasteiger partial charge is 0.506 e. The van der Waals surface area contributed by atoms with E-state index in [2.05, 4.69) is 0 Å². The van der Waals surface area contributed by atoms with Crippen molar-refractivity contribution in [2.75, 3.05) is 19.5 Å². The fourth-order valence-corrected chi connectivity index (χ4v) is 0.933. The number of ether oxygens (including phenoxy) is 2. The van der Waals surface area contributed by atoms with E-state index >= 15 is 0 Å². The third kappa shape index (κ3) is 2.53. The van der Waals surface area contributed by atoms with Crippen molar-refractivity contribution in [3.05, 3.63) is 18.2 Å². The predicted octanol–water partition coefficient (Wildman–Crippen LogP) is 1.39. The molecule has 0 amide bonds. The van der Waals surface area contributed by atoms with E-state index in [0.29, 0.717) is 12.4 Å². The van der Waals surface area contributed by atoms with E-state index in [0.717, 1.165) is 0 Å². The quantitative estimate of drug-likeness (QED) is 0.565.